The SMILES string of the molecule is Cc1ccc(CN(C(=O)C23CC4CC(CC(C4)C2)C3)C2CC(=O)N(c3ccc(I)cc3)C2=O)cc1. The minimum absolute atomic E-state index is 0.0504. The number of imide groups is 1. The van der Waals surface area contributed by atoms with Gasteiger partial charge >= 0.3 is 0 Å². The number of rotatable bonds is 5. The molecule has 1 heterocycles. The number of hydrogen-bond acceptors (Lipinski definition) is 3. The van der Waals surface area contributed by atoms with Crippen molar-refractivity contribution in [2.45, 2.75) is 64.5 Å². The summed E-state index contributed by atoms with van der Waals surface area (Å²) in [6, 6.07) is 14.8. The quantitative estimate of drug-likeness (QED) is 0.347. The van der Waals surface area contributed by atoms with Gasteiger partial charge in [0, 0.05) is 10.1 Å². The first-order valence-corrected chi connectivity index (χ1v) is 13.9. The van der Waals surface area contributed by atoms with Crippen molar-refractivity contribution in [1.82, 2.24) is 4.90 Å². The molecule has 35 heavy (non-hydrogen) atoms. The second-order valence-corrected chi connectivity index (χ2v) is 12.6. The van der Waals surface area contributed by atoms with E-state index in [0.29, 0.717) is 30.0 Å². The molecular formula is C29H31IN2O3. The van der Waals surface area contributed by atoms with E-state index in [1.807, 2.05) is 55.5 Å². The van der Waals surface area contributed by atoms with Crippen molar-refractivity contribution in [1.29, 1.82) is 0 Å². The van der Waals surface area contributed by atoms with Crippen LogP contribution < -0.4 is 4.90 Å². The average molecular weight is 582 g/mol. The highest BCUT2D eigenvalue weighted by molar-refractivity contribution is 14.1. The molecule has 1 atom stereocenters. The molecule has 1 saturated heterocycles. The number of halogens is 1. The second-order valence-electron chi connectivity index (χ2n) is 11.4. The van der Waals surface area contributed by atoms with Gasteiger partial charge in [-0.3, -0.25) is 14.4 Å². The number of anilines is 1. The summed E-state index contributed by atoms with van der Waals surface area (Å²) >= 11 is 2.21. The summed E-state index contributed by atoms with van der Waals surface area (Å²) in [5.74, 6) is 1.50. The zero-order valence-corrected chi connectivity index (χ0v) is 22.2. The van der Waals surface area contributed by atoms with Crippen molar-refractivity contribution >= 4 is 46.0 Å². The van der Waals surface area contributed by atoms with E-state index in [-0.39, 0.29) is 29.6 Å². The van der Waals surface area contributed by atoms with Crippen LogP contribution >= 0.6 is 22.6 Å². The number of aryl methyl sites for hydroxylation is 1. The van der Waals surface area contributed by atoms with E-state index in [1.165, 1.54) is 24.2 Å². The largest absolute Gasteiger partial charge is 0.325 e. The van der Waals surface area contributed by atoms with E-state index >= 15 is 0 Å². The summed E-state index contributed by atoms with van der Waals surface area (Å²) in [4.78, 5) is 44.4. The van der Waals surface area contributed by atoms with Gasteiger partial charge in [-0.25, -0.2) is 4.90 Å². The van der Waals surface area contributed by atoms with E-state index in [2.05, 4.69) is 22.6 Å². The molecule has 0 aromatic heterocycles. The Bertz CT molecular complexity index is 1140. The molecule has 182 valence electrons. The lowest BCUT2D eigenvalue weighted by molar-refractivity contribution is -0.162. The first-order chi connectivity index (χ1) is 16.8. The summed E-state index contributed by atoms with van der Waals surface area (Å²) in [6.45, 7) is 2.41. The Morgan fingerprint density at radius 2 is 1.51 bits per heavy atom. The van der Waals surface area contributed by atoms with E-state index < -0.39 is 6.04 Å². The summed E-state index contributed by atoms with van der Waals surface area (Å²) in [5, 5.41) is 0. The average Bonchev–Trinajstić information content (AvgIpc) is 3.11. The molecule has 4 aliphatic carbocycles. The molecule has 5 aliphatic rings. The number of amides is 3. The Morgan fingerprint density at radius 1 is 0.943 bits per heavy atom. The third-order valence-electron chi connectivity index (χ3n) is 8.81. The van der Waals surface area contributed by atoms with Crippen LogP contribution in [-0.2, 0) is 20.9 Å². The molecule has 5 fully saturated rings. The fraction of sp³-hybridized carbons (Fsp3) is 0.483. The van der Waals surface area contributed by atoms with Gasteiger partial charge in [0.05, 0.1) is 17.5 Å². The summed E-state index contributed by atoms with van der Waals surface area (Å²) in [7, 11) is 0. The van der Waals surface area contributed by atoms with Crippen molar-refractivity contribution < 1.29 is 14.4 Å². The summed E-state index contributed by atoms with van der Waals surface area (Å²) in [6.07, 6.45) is 6.65. The van der Waals surface area contributed by atoms with Crippen LogP contribution in [0.25, 0.3) is 0 Å². The lowest BCUT2D eigenvalue weighted by Crippen LogP contribution is -2.57. The number of hydrogen-bond donors (Lipinski definition) is 0. The fourth-order valence-electron chi connectivity index (χ4n) is 7.61. The van der Waals surface area contributed by atoms with E-state index in [0.717, 1.165) is 34.0 Å². The van der Waals surface area contributed by atoms with Gasteiger partial charge in [0.15, 0.2) is 0 Å². The minimum Gasteiger partial charge on any atom is -0.325 e. The van der Waals surface area contributed by atoms with Crippen LogP contribution in [0.3, 0.4) is 0 Å². The van der Waals surface area contributed by atoms with E-state index in [4.69, 9.17) is 0 Å². The summed E-state index contributed by atoms with van der Waals surface area (Å²) in [5.41, 5.74) is 2.38. The van der Waals surface area contributed by atoms with Crippen molar-refractivity contribution in [2.75, 3.05) is 4.90 Å². The number of benzene rings is 2. The lowest BCUT2D eigenvalue weighted by Gasteiger charge is -2.57. The van der Waals surface area contributed by atoms with Crippen LogP contribution in [0.4, 0.5) is 5.69 Å². The third-order valence-corrected chi connectivity index (χ3v) is 9.53. The Morgan fingerprint density at radius 3 is 2.09 bits per heavy atom. The Labute approximate surface area is 220 Å². The van der Waals surface area contributed by atoms with E-state index in [9.17, 15) is 14.4 Å². The molecule has 1 unspecified atom stereocenters. The molecule has 0 spiro atoms. The molecule has 1 aliphatic heterocycles. The van der Waals surface area contributed by atoms with Gasteiger partial charge in [-0.05, 0) is 116 Å². The first-order valence-electron chi connectivity index (χ1n) is 12.8. The molecule has 0 radical (unpaired) electrons. The zero-order valence-electron chi connectivity index (χ0n) is 20.1. The highest BCUT2D eigenvalue weighted by Gasteiger charge is 2.57. The molecule has 7 rings (SSSR count). The summed E-state index contributed by atoms with van der Waals surface area (Å²) < 4.78 is 1.04. The van der Waals surface area contributed by atoms with Crippen molar-refractivity contribution in [3.05, 3.63) is 63.2 Å². The maximum absolute atomic E-state index is 14.4. The lowest BCUT2D eigenvalue weighted by atomic mass is 9.49. The maximum Gasteiger partial charge on any atom is 0.257 e. The molecule has 5 nitrogen and oxygen atoms in total. The minimum atomic E-state index is -0.747. The third kappa shape index (κ3) is 4.11. The van der Waals surface area contributed by atoms with Gasteiger partial charge in [-0.1, -0.05) is 29.8 Å². The van der Waals surface area contributed by atoms with Crippen LogP contribution in [0.1, 0.15) is 56.1 Å². The predicted octanol–water partition coefficient (Wildman–Crippen LogP) is 5.48. The Hall–Kier alpha value is -2.22. The van der Waals surface area contributed by atoms with Crippen molar-refractivity contribution in [3.8, 4) is 0 Å². The maximum atomic E-state index is 14.4. The molecule has 3 amide bonds. The molecule has 2 aromatic rings. The van der Waals surface area contributed by atoms with Gasteiger partial charge in [-0.15, -0.1) is 0 Å². The van der Waals surface area contributed by atoms with Crippen LogP contribution in [0.15, 0.2) is 48.5 Å². The number of nitrogens with zero attached hydrogens (tertiary/aromatic N) is 2. The van der Waals surface area contributed by atoms with Crippen LogP contribution in [-0.4, -0.2) is 28.7 Å². The molecule has 0 N–H and O–H groups in total. The fourth-order valence-corrected chi connectivity index (χ4v) is 7.97. The van der Waals surface area contributed by atoms with Gasteiger partial charge in [0.25, 0.3) is 5.91 Å². The van der Waals surface area contributed by atoms with Gasteiger partial charge in [-0.2, -0.15) is 0 Å². The highest BCUT2D eigenvalue weighted by atomic mass is 127. The molecule has 4 bridgehead atoms. The predicted molar refractivity (Wildman–Crippen MR) is 142 cm³/mol. The van der Waals surface area contributed by atoms with Gasteiger partial charge in [0.2, 0.25) is 11.8 Å². The second kappa shape index (κ2) is 8.71. The monoisotopic (exact) mass is 582 g/mol. The molecule has 6 heteroatoms. The van der Waals surface area contributed by atoms with Crippen LogP contribution in [0.5, 0.6) is 0 Å². The molecule has 4 saturated carbocycles. The number of carbonyl (C=O) groups excluding carboxylic acids is 3. The Kier molecular flexibility index (Phi) is 5.78. The standard InChI is InChI=1S/C29H31IN2O3/c1-18-2-4-19(5-3-18)17-31(28(35)29-14-20-10-21(15-29)12-22(11-20)16-29)25-13-26(33)32(27(25)34)24-8-6-23(30)7-9-24/h2-9,20-22,25H,10-17H2,1H3. The van der Waals surface area contributed by atoms with Gasteiger partial charge in [0.1, 0.15) is 6.04 Å². The first kappa shape index (κ1) is 23.2. The van der Waals surface area contributed by atoms with Crippen molar-refractivity contribution in [3.63, 3.8) is 0 Å². The van der Waals surface area contributed by atoms with Gasteiger partial charge < -0.3 is 4.90 Å². The van der Waals surface area contributed by atoms with E-state index in [1.54, 1.807) is 4.90 Å². The zero-order chi connectivity index (χ0) is 24.3. The molecular weight excluding hydrogens is 551 g/mol. The normalized spacial score (nSPS) is 31.3. The number of carbonyl (C=O) groups is 3. The van der Waals surface area contributed by atoms with Crippen molar-refractivity contribution in [2.24, 2.45) is 23.2 Å². The highest BCUT2D eigenvalue weighted by Crippen LogP contribution is 2.60. The van der Waals surface area contributed by atoms with Crippen LogP contribution in [0.2, 0.25) is 0 Å². The smallest absolute Gasteiger partial charge is 0.257 e. The Balaban J connectivity index is 1.34. The molecule has 2 aromatic carbocycles. The topological polar surface area (TPSA) is 57.7 Å². The van der Waals surface area contributed by atoms with Crippen LogP contribution in [0, 0.1) is 33.7 Å².